The molecule has 1 aliphatic heterocycles. The second-order valence-electron chi connectivity index (χ2n) is 8.71. The van der Waals surface area contributed by atoms with Crippen LogP contribution in [0.3, 0.4) is 0 Å². The largest absolute Gasteiger partial charge is 0.393 e. The van der Waals surface area contributed by atoms with Crippen LogP contribution in [-0.2, 0) is 6.42 Å². The van der Waals surface area contributed by atoms with Crippen LogP contribution >= 0.6 is 0 Å². The van der Waals surface area contributed by atoms with Crippen LogP contribution in [0.4, 0.5) is 0 Å². The van der Waals surface area contributed by atoms with E-state index >= 15 is 0 Å². The average Bonchev–Trinajstić information content (AvgIpc) is 2.62. The van der Waals surface area contributed by atoms with Gasteiger partial charge in [0.15, 0.2) is 0 Å². The number of aliphatic hydroxyl groups is 1. The lowest BCUT2D eigenvalue weighted by Crippen LogP contribution is -2.51. The molecule has 0 unspecified atom stereocenters. The summed E-state index contributed by atoms with van der Waals surface area (Å²) in [6.45, 7) is 2.42. The van der Waals surface area contributed by atoms with Crippen LogP contribution in [0.5, 0.6) is 0 Å². The zero-order valence-electron chi connectivity index (χ0n) is 15.3. The highest BCUT2D eigenvalue weighted by atomic mass is 16.3. The smallest absolute Gasteiger partial charge is 0.0546 e. The van der Waals surface area contributed by atoms with Gasteiger partial charge in [-0.05, 0) is 87.9 Å². The Balaban J connectivity index is 1.34. The fourth-order valence-electron chi connectivity index (χ4n) is 5.22. The van der Waals surface area contributed by atoms with E-state index < -0.39 is 0 Å². The highest BCUT2D eigenvalue weighted by molar-refractivity contribution is 5.07. The third-order valence-electron chi connectivity index (χ3n) is 7.03. The minimum absolute atomic E-state index is 0.0811. The molecule has 1 saturated heterocycles. The van der Waals surface area contributed by atoms with E-state index in [4.69, 9.17) is 0 Å². The van der Waals surface area contributed by atoms with E-state index in [0.717, 1.165) is 19.3 Å². The van der Waals surface area contributed by atoms with E-state index in [1.54, 1.807) is 0 Å². The number of rotatable bonds is 5. The predicted molar refractivity (Wildman–Crippen MR) is 100 cm³/mol. The molecule has 0 radical (unpaired) electrons. The first-order chi connectivity index (χ1) is 12.2. The lowest BCUT2D eigenvalue weighted by atomic mass is 9.67. The second kappa shape index (κ2) is 7.73. The van der Waals surface area contributed by atoms with E-state index in [2.05, 4.69) is 27.8 Å². The Morgan fingerprint density at radius 2 is 1.92 bits per heavy atom. The van der Waals surface area contributed by atoms with Crippen LogP contribution in [0.15, 0.2) is 24.4 Å². The van der Waals surface area contributed by atoms with Gasteiger partial charge in [-0.1, -0.05) is 6.07 Å². The third kappa shape index (κ3) is 4.24. The summed E-state index contributed by atoms with van der Waals surface area (Å²) in [7, 11) is 0. The Hall–Kier alpha value is -0.970. The Morgan fingerprint density at radius 1 is 1.16 bits per heavy atom. The van der Waals surface area contributed by atoms with Crippen molar-refractivity contribution in [3.63, 3.8) is 0 Å². The van der Waals surface area contributed by atoms with Gasteiger partial charge >= 0.3 is 0 Å². The summed E-state index contributed by atoms with van der Waals surface area (Å²) in [5.74, 6) is 0.603. The summed E-state index contributed by atoms with van der Waals surface area (Å²) in [5, 5.41) is 17.3. The molecule has 0 amide bonds. The lowest BCUT2D eigenvalue weighted by molar-refractivity contribution is 0.0183. The number of hydrogen-bond acceptors (Lipinski definition) is 4. The molecular weight excluding hydrogens is 310 g/mol. The van der Waals surface area contributed by atoms with E-state index in [1.165, 1.54) is 57.3 Å². The van der Waals surface area contributed by atoms with Crippen LogP contribution in [0.25, 0.3) is 0 Å². The standard InChI is InChI=1S/C21H33N3O/c25-19-13-16(14-19)20(15-18-3-1-2-10-23-18)24-17-4-6-21(7-5-17)8-11-22-12-9-21/h1-3,10,16-17,19-20,22,24-25H,4-9,11-15H2/t16?,19?,20-/m1/s1. The van der Waals surface area contributed by atoms with Gasteiger partial charge in [0, 0.05) is 30.4 Å². The van der Waals surface area contributed by atoms with Crippen LogP contribution in [-0.4, -0.2) is 41.4 Å². The maximum Gasteiger partial charge on any atom is 0.0546 e. The van der Waals surface area contributed by atoms with Crippen LogP contribution < -0.4 is 10.6 Å². The average molecular weight is 344 g/mol. The van der Waals surface area contributed by atoms with Crippen LogP contribution in [0.1, 0.15) is 57.1 Å². The number of hydrogen-bond donors (Lipinski definition) is 3. The molecule has 3 N–H and O–H groups in total. The van der Waals surface area contributed by atoms with Gasteiger partial charge in [0.05, 0.1) is 6.10 Å². The van der Waals surface area contributed by atoms with Gasteiger partial charge in [0.1, 0.15) is 0 Å². The lowest BCUT2D eigenvalue weighted by Gasteiger charge is -2.45. The molecule has 3 aliphatic rings. The van der Waals surface area contributed by atoms with Gasteiger partial charge in [-0.3, -0.25) is 4.98 Å². The molecule has 138 valence electrons. The maximum absolute atomic E-state index is 9.76. The van der Waals surface area contributed by atoms with Crippen molar-refractivity contribution in [3.05, 3.63) is 30.1 Å². The number of piperidine rings is 1. The quantitative estimate of drug-likeness (QED) is 0.769. The van der Waals surface area contributed by atoms with Gasteiger partial charge in [-0.15, -0.1) is 0 Å². The van der Waals surface area contributed by atoms with Crippen molar-refractivity contribution in [3.8, 4) is 0 Å². The van der Waals surface area contributed by atoms with Crippen molar-refractivity contribution in [2.24, 2.45) is 11.3 Å². The summed E-state index contributed by atoms with van der Waals surface area (Å²) in [4.78, 5) is 4.53. The molecule has 1 spiro atoms. The van der Waals surface area contributed by atoms with Crippen molar-refractivity contribution in [1.29, 1.82) is 0 Å². The van der Waals surface area contributed by atoms with E-state index in [0.29, 0.717) is 23.4 Å². The molecular formula is C21H33N3O. The summed E-state index contributed by atoms with van der Waals surface area (Å²) in [6, 6.07) is 7.31. The molecule has 25 heavy (non-hydrogen) atoms. The van der Waals surface area contributed by atoms with Crippen molar-refractivity contribution >= 4 is 0 Å². The number of aliphatic hydroxyl groups excluding tert-OH is 1. The highest BCUT2D eigenvalue weighted by Gasteiger charge is 2.39. The van der Waals surface area contributed by atoms with Crippen molar-refractivity contribution in [2.45, 2.75) is 76.0 Å². The minimum Gasteiger partial charge on any atom is -0.393 e. The third-order valence-corrected chi connectivity index (χ3v) is 7.03. The Kier molecular flexibility index (Phi) is 5.39. The molecule has 1 aromatic rings. The number of aromatic nitrogens is 1. The van der Waals surface area contributed by atoms with Gasteiger partial charge in [0.25, 0.3) is 0 Å². The Morgan fingerprint density at radius 3 is 2.56 bits per heavy atom. The zero-order valence-corrected chi connectivity index (χ0v) is 15.3. The highest BCUT2D eigenvalue weighted by Crippen LogP contribution is 2.43. The number of nitrogens with zero attached hydrogens (tertiary/aromatic N) is 1. The van der Waals surface area contributed by atoms with Crippen molar-refractivity contribution in [1.82, 2.24) is 15.6 Å². The molecule has 2 aliphatic carbocycles. The molecule has 0 bridgehead atoms. The summed E-state index contributed by atoms with van der Waals surface area (Å²) in [5.41, 5.74) is 1.80. The normalized spacial score (nSPS) is 30.8. The summed E-state index contributed by atoms with van der Waals surface area (Å²) < 4.78 is 0. The molecule has 4 nitrogen and oxygen atoms in total. The topological polar surface area (TPSA) is 57.2 Å². The predicted octanol–water partition coefficient (Wildman–Crippen LogP) is 2.67. The van der Waals surface area contributed by atoms with Gasteiger partial charge in [0.2, 0.25) is 0 Å². The summed E-state index contributed by atoms with van der Waals surface area (Å²) in [6.07, 6.45) is 12.8. The van der Waals surface area contributed by atoms with Gasteiger partial charge < -0.3 is 15.7 Å². The minimum atomic E-state index is -0.0811. The molecule has 4 heteroatoms. The molecule has 1 atom stereocenters. The summed E-state index contributed by atoms with van der Waals surface area (Å²) >= 11 is 0. The first-order valence-electron chi connectivity index (χ1n) is 10.3. The fraction of sp³-hybridized carbons (Fsp3) is 0.762. The zero-order chi connectivity index (χ0) is 17.1. The molecule has 1 aromatic heterocycles. The van der Waals surface area contributed by atoms with Crippen molar-refractivity contribution in [2.75, 3.05) is 13.1 Å². The Bertz CT molecular complexity index is 527. The van der Waals surface area contributed by atoms with Crippen LogP contribution in [0.2, 0.25) is 0 Å². The van der Waals surface area contributed by atoms with Gasteiger partial charge in [-0.25, -0.2) is 0 Å². The second-order valence-corrected chi connectivity index (χ2v) is 8.71. The number of pyridine rings is 1. The van der Waals surface area contributed by atoms with Crippen molar-refractivity contribution < 1.29 is 5.11 Å². The monoisotopic (exact) mass is 343 g/mol. The molecule has 3 fully saturated rings. The number of nitrogens with one attached hydrogen (secondary N) is 2. The van der Waals surface area contributed by atoms with E-state index in [9.17, 15) is 5.11 Å². The van der Waals surface area contributed by atoms with Crippen LogP contribution in [0, 0.1) is 11.3 Å². The molecule has 4 rings (SSSR count). The first-order valence-corrected chi connectivity index (χ1v) is 10.3. The molecule has 2 saturated carbocycles. The SMILES string of the molecule is OC1CC([C@@H](Cc2ccccn2)NC2CCC3(CCNCC3)CC2)C1. The molecule has 0 aromatic carbocycles. The van der Waals surface area contributed by atoms with Gasteiger partial charge in [-0.2, -0.15) is 0 Å². The maximum atomic E-state index is 9.76. The fourth-order valence-corrected chi connectivity index (χ4v) is 5.22. The molecule has 2 heterocycles. The van der Waals surface area contributed by atoms with E-state index in [1.807, 2.05) is 12.3 Å². The Labute approximate surface area is 151 Å². The first kappa shape index (κ1) is 17.4. The van der Waals surface area contributed by atoms with E-state index in [-0.39, 0.29) is 6.10 Å².